The zero-order valence-corrected chi connectivity index (χ0v) is 10.9. The minimum absolute atomic E-state index is 0.0567. The molecule has 0 spiro atoms. The number of carbonyl (C=O) groups excluding carboxylic acids is 1. The molecule has 1 aromatic heterocycles. The summed E-state index contributed by atoms with van der Waals surface area (Å²) >= 11 is 0. The molecule has 0 aliphatic heterocycles. The van der Waals surface area contributed by atoms with Gasteiger partial charge in [0.1, 0.15) is 0 Å². The van der Waals surface area contributed by atoms with Crippen LogP contribution in [0.2, 0.25) is 0 Å². The summed E-state index contributed by atoms with van der Waals surface area (Å²) in [5.74, 6) is -0.129. The molecule has 0 aromatic carbocycles. The number of amides is 1. The van der Waals surface area contributed by atoms with Gasteiger partial charge < -0.3 is 5.32 Å². The molecule has 0 aliphatic rings. The largest absolute Gasteiger partial charge is 0.352 e. The number of rotatable bonds is 2. The Morgan fingerprint density at radius 1 is 1.25 bits per heavy atom. The lowest BCUT2D eigenvalue weighted by Gasteiger charge is -2.01. The third kappa shape index (κ3) is 2.98. The van der Waals surface area contributed by atoms with Crippen LogP contribution in [-0.4, -0.2) is 15.3 Å². The van der Waals surface area contributed by atoms with E-state index in [2.05, 4.69) is 5.32 Å². The van der Waals surface area contributed by atoms with E-state index in [9.17, 15) is 9.59 Å². The lowest BCUT2D eigenvalue weighted by atomic mass is 10.2. The minimum atomic E-state index is -0.129. The highest BCUT2D eigenvalue weighted by Crippen LogP contribution is 2.01. The van der Waals surface area contributed by atoms with Crippen molar-refractivity contribution in [2.45, 2.75) is 34.2 Å². The number of aromatic nitrogens is 2. The summed E-state index contributed by atoms with van der Waals surface area (Å²) in [6.45, 7) is 7.59. The van der Waals surface area contributed by atoms with Crippen molar-refractivity contribution in [3.63, 3.8) is 0 Å². The summed E-state index contributed by atoms with van der Waals surface area (Å²) < 4.78 is 3.28. The quantitative estimate of drug-likeness (QED) is 0.808. The fraction of sp³-hybridized carbons (Fsp3) is 0.636. The molecular formula is C11H21N3O2. The third-order valence-corrected chi connectivity index (χ3v) is 2.44. The maximum Gasteiger partial charge on any atom is 0.271 e. The standard InChI is InChI=1S/C9H15N3O2.C2H6/c1-6-8(5-10-7(2)13)9(14)12(4)11(6)3;1-2/h5H2,1-4H3,(H,10,13);1-2H3. The van der Waals surface area contributed by atoms with Crippen molar-refractivity contribution in [1.82, 2.24) is 14.7 Å². The van der Waals surface area contributed by atoms with Gasteiger partial charge in [0.2, 0.25) is 5.91 Å². The average molecular weight is 227 g/mol. The Balaban J connectivity index is 0.00000106. The molecule has 0 fully saturated rings. The number of carbonyl (C=O) groups is 1. The molecule has 0 atom stereocenters. The van der Waals surface area contributed by atoms with Gasteiger partial charge in [0, 0.05) is 26.7 Å². The summed E-state index contributed by atoms with van der Waals surface area (Å²) in [6.07, 6.45) is 0. The van der Waals surface area contributed by atoms with Gasteiger partial charge in [0.25, 0.3) is 5.56 Å². The number of nitrogens with one attached hydrogen (secondary N) is 1. The Morgan fingerprint density at radius 3 is 2.06 bits per heavy atom. The van der Waals surface area contributed by atoms with Crippen LogP contribution in [0.15, 0.2) is 4.79 Å². The molecular weight excluding hydrogens is 206 g/mol. The van der Waals surface area contributed by atoms with E-state index < -0.39 is 0 Å². The number of hydrogen-bond acceptors (Lipinski definition) is 2. The number of nitrogens with zero attached hydrogens (tertiary/aromatic N) is 2. The van der Waals surface area contributed by atoms with Crippen molar-refractivity contribution in [3.8, 4) is 0 Å². The summed E-state index contributed by atoms with van der Waals surface area (Å²) in [5, 5.41) is 2.62. The third-order valence-electron chi connectivity index (χ3n) is 2.44. The SMILES string of the molecule is CC.CC(=O)NCc1c(C)n(C)n(C)c1=O. The average Bonchev–Trinajstić information content (AvgIpc) is 2.44. The van der Waals surface area contributed by atoms with Crippen LogP contribution in [0.1, 0.15) is 32.0 Å². The molecule has 0 aliphatic carbocycles. The Labute approximate surface area is 96.0 Å². The first-order valence-electron chi connectivity index (χ1n) is 5.41. The van der Waals surface area contributed by atoms with Gasteiger partial charge in [-0.15, -0.1) is 0 Å². The molecule has 5 nitrogen and oxygen atoms in total. The monoisotopic (exact) mass is 227 g/mol. The molecule has 0 bridgehead atoms. The Kier molecular flexibility index (Phi) is 5.56. The van der Waals surface area contributed by atoms with Crippen molar-refractivity contribution >= 4 is 5.91 Å². The van der Waals surface area contributed by atoms with E-state index in [0.717, 1.165) is 5.69 Å². The van der Waals surface area contributed by atoms with Gasteiger partial charge in [0.15, 0.2) is 0 Å². The molecule has 92 valence electrons. The highest BCUT2D eigenvalue weighted by molar-refractivity contribution is 5.72. The van der Waals surface area contributed by atoms with E-state index >= 15 is 0 Å². The lowest BCUT2D eigenvalue weighted by molar-refractivity contribution is -0.119. The van der Waals surface area contributed by atoms with Crippen molar-refractivity contribution in [2.75, 3.05) is 0 Å². The second-order valence-corrected chi connectivity index (χ2v) is 3.33. The molecule has 1 heterocycles. The van der Waals surface area contributed by atoms with E-state index in [4.69, 9.17) is 0 Å². The van der Waals surface area contributed by atoms with E-state index in [0.29, 0.717) is 12.1 Å². The molecule has 1 N–H and O–H groups in total. The molecule has 16 heavy (non-hydrogen) atoms. The molecule has 0 saturated heterocycles. The van der Waals surface area contributed by atoms with E-state index in [1.54, 1.807) is 11.7 Å². The first-order chi connectivity index (χ1) is 7.45. The van der Waals surface area contributed by atoms with Gasteiger partial charge in [-0.2, -0.15) is 0 Å². The van der Waals surface area contributed by atoms with Gasteiger partial charge in [0.05, 0.1) is 12.1 Å². The van der Waals surface area contributed by atoms with E-state index in [1.807, 2.05) is 27.8 Å². The fourth-order valence-electron chi connectivity index (χ4n) is 1.32. The van der Waals surface area contributed by atoms with Crippen molar-refractivity contribution in [3.05, 3.63) is 21.6 Å². The van der Waals surface area contributed by atoms with Gasteiger partial charge in [-0.1, -0.05) is 13.8 Å². The predicted octanol–water partition coefficient (Wildman–Crippen LogP) is 0.695. The lowest BCUT2D eigenvalue weighted by Crippen LogP contribution is -2.25. The zero-order valence-electron chi connectivity index (χ0n) is 10.9. The molecule has 1 amide bonds. The molecule has 0 saturated carbocycles. The minimum Gasteiger partial charge on any atom is -0.352 e. The van der Waals surface area contributed by atoms with Crippen molar-refractivity contribution in [2.24, 2.45) is 14.1 Å². The predicted molar refractivity (Wildman–Crippen MR) is 64.3 cm³/mol. The van der Waals surface area contributed by atoms with Crippen LogP contribution in [-0.2, 0) is 25.4 Å². The van der Waals surface area contributed by atoms with Gasteiger partial charge >= 0.3 is 0 Å². The Bertz CT molecular complexity index is 416. The van der Waals surface area contributed by atoms with Crippen LogP contribution in [0.25, 0.3) is 0 Å². The maximum atomic E-state index is 11.6. The first kappa shape index (κ1) is 14.5. The zero-order chi connectivity index (χ0) is 12.9. The Hall–Kier alpha value is -1.52. The summed E-state index contributed by atoms with van der Waals surface area (Å²) in [5.41, 5.74) is 1.47. The van der Waals surface area contributed by atoms with Crippen molar-refractivity contribution in [1.29, 1.82) is 0 Å². The normalized spacial score (nSPS) is 9.38. The van der Waals surface area contributed by atoms with Gasteiger partial charge in [-0.3, -0.25) is 19.0 Å². The Morgan fingerprint density at radius 2 is 1.75 bits per heavy atom. The van der Waals surface area contributed by atoms with Crippen LogP contribution in [0.4, 0.5) is 0 Å². The summed E-state index contributed by atoms with van der Waals surface area (Å²) in [6, 6.07) is 0. The molecule has 5 heteroatoms. The van der Waals surface area contributed by atoms with Gasteiger partial charge in [-0.05, 0) is 6.92 Å². The smallest absolute Gasteiger partial charge is 0.271 e. The van der Waals surface area contributed by atoms with Crippen molar-refractivity contribution < 1.29 is 4.79 Å². The second-order valence-electron chi connectivity index (χ2n) is 3.33. The summed E-state index contributed by atoms with van der Waals surface area (Å²) in [7, 11) is 3.51. The highest BCUT2D eigenvalue weighted by Gasteiger charge is 2.11. The van der Waals surface area contributed by atoms with Crippen LogP contribution < -0.4 is 10.9 Å². The topological polar surface area (TPSA) is 56.0 Å². The van der Waals surface area contributed by atoms with Crippen LogP contribution in [0.5, 0.6) is 0 Å². The van der Waals surface area contributed by atoms with Crippen LogP contribution >= 0.6 is 0 Å². The fourth-order valence-corrected chi connectivity index (χ4v) is 1.32. The molecule has 1 aromatic rings. The maximum absolute atomic E-state index is 11.6. The molecule has 1 rings (SSSR count). The van der Waals surface area contributed by atoms with E-state index in [1.165, 1.54) is 11.6 Å². The molecule has 0 unspecified atom stereocenters. The van der Waals surface area contributed by atoms with Crippen LogP contribution in [0, 0.1) is 6.92 Å². The van der Waals surface area contributed by atoms with E-state index in [-0.39, 0.29) is 11.5 Å². The molecule has 0 radical (unpaired) electrons. The second kappa shape index (κ2) is 6.15. The van der Waals surface area contributed by atoms with Crippen LogP contribution in [0.3, 0.4) is 0 Å². The highest BCUT2D eigenvalue weighted by atomic mass is 16.1. The first-order valence-corrected chi connectivity index (χ1v) is 5.41. The number of hydrogen-bond donors (Lipinski definition) is 1. The summed E-state index contributed by atoms with van der Waals surface area (Å²) in [4.78, 5) is 22.3. The van der Waals surface area contributed by atoms with Gasteiger partial charge in [-0.25, -0.2) is 0 Å².